The maximum absolute atomic E-state index is 5.89. The first-order chi connectivity index (χ1) is 15.9. The van der Waals surface area contributed by atoms with Gasteiger partial charge in [-0.1, -0.05) is 37.8 Å². The molecule has 0 aliphatic carbocycles. The van der Waals surface area contributed by atoms with Gasteiger partial charge in [-0.05, 0) is 24.2 Å². The molecule has 0 saturated heterocycles. The van der Waals surface area contributed by atoms with Crippen LogP contribution in [0.2, 0.25) is 25.7 Å². The fourth-order valence-corrected chi connectivity index (χ4v) is 4.09. The van der Waals surface area contributed by atoms with Gasteiger partial charge in [-0.2, -0.15) is 5.10 Å². The lowest BCUT2D eigenvalue weighted by Gasteiger charge is -2.16. The largest absolute Gasteiger partial charge is 0.494 e. The molecule has 9 heteroatoms. The summed E-state index contributed by atoms with van der Waals surface area (Å²) in [5.41, 5.74) is 3.46. The number of fused-ring (bicyclic) bond motifs is 1. The Morgan fingerprint density at radius 1 is 1.00 bits per heavy atom. The molecule has 33 heavy (non-hydrogen) atoms. The van der Waals surface area contributed by atoms with Crippen LogP contribution in [-0.2, 0) is 11.5 Å². The second-order valence-electron chi connectivity index (χ2n) is 9.00. The number of ether oxygens (including phenoxy) is 2. The minimum Gasteiger partial charge on any atom is -0.494 e. The zero-order valence-corrected chi connectivity index (χ0v) is 20.5. The van der Waals surface area contributed by atoms with Gasteiger partial charge in [0.2, 0.25) is 0 Å². The number of nitrogens with zero attached hydrogens (tertiary/aromatic N) is 4. The molecule has 0 atom stereocenters. The number of aromatic nitrogens is 4. The number of benzene rings is 2. The Morgan fingerprint density at radius 2 is 1.82 bits per heavy atom. The van der Waals surface area contributed by atoms with Crippen molar-refractivity contribution in [2.24, 2.45) is 0 Å². The standard InChI is InChI=1S/C24H30N6O2Si/c1-31-23-13-22-18(14-27-30(22)17-32-10-11-33(2,3)4)12-20(23)29-24-21(15-25-16-26-24)28-19-8-6-5-7-9-19/h5-9,12-16,28H,10-11,17H2,1-4H3,(H,25,26,29). The zero-order valence-electron chi connectivity index (χ0n) is 19.5. The van der Waals surface area contributed by atoms with E-state index in [1.807, 2.05) is 53.3 Å². The van der Waals surface area contributed by atoms with Gasteiger partial charge in [0.05, 0.1) is 30.7 Å². The van der Waals surface area contributed by atoms with E-state index in [1.165, 1.54) is 6.33 Å². The number of nitrogens with one attached hydrogen (secondary N) is 2. The van der Waals surface area contributed by atoms with E-state index in [0.29, 0.717) is 18.3 Å². The maximum Gasteiger partial charge on any atom is 0.157 e. The Bertz CT molecular complexity index is 1210. The van der Waals surface area contributed by atoms with Crippen LogP contribution in [0.5, 0.6) is 5.75 Å². The van der Waals surface area contributed by atoms with Crippen LogP contribution in [0.15, 0.2) is 61.2 Å². The highest BCUT2D eigenvalue weighted by molar-refractivity contribution is 6.76. The van der Waals surface area contributed by atoms with Crippen molar-refractivity contribution in [2.75, 3.05) is 24.4 Å². The molecule has 0 bridgehead atoms. The molecule has 2 aromatic heterocycles. The molecule has 0 amide bonds. The Kier molecular flexibility index (Phi) is 6.90. The van der Waals surface area contributed by atoms with Crippen LogP contribution in [0.4, 0.5) is 22.9 Å². The molecule has 4 aromatic rings. The topological polar surface area (TPSA) is 86.1 Å². The van der Waals surface area contributed by atoms with Gasteiger partial charge >= 0.3 is 0 Å². The van der Waals surface area contributed by atoms with Crippen molar-refractivity contribution in [3.05, 3.63) is 61.2 Å². The summed E-state index contributed by atoms with van der Waals surface area (Å²) < 4.78 is 13.4. The minimum atomic E-state index is -1.12. The quantitative estimate of drug-likeness (QED) is 0.233. The van der Waals surface area contributed by atoms with E-state index in [0.717, 1.165) is 40.6 Å². The van der Waals surface area contributed by atoms with E-state index in [9.17, 15) is 0 Å². The van der Waals surface area contributed by atoms with Gasteiger partial charge in [-0.15, -0.1) is 0 Å². The first-order valence-electron chi connectivity index (χ1n) is 10.9. The lowest BCUT2D eigenvalue weighted by molar-refractivity contribution is 0.0817. The van der Waals surface area contributed by atoms with Crippen molar-refractivity contribution < 1.29 is 9.47 Å². The third-order valence-electron chi connectivity index (χ3n) is 5.19. The molecule has 2 N–H and O–H groups in total. The second kappa shape index (κ2) is 10.0. The molecule has 0 aliphatic heterocycles. The molecule has 0 radical (unpaired) electrons. The van der Waals surface area contributed by atoms with Crippen molar-refractivity contribution >= 4 is 41.9 Å². The van der Waals surface area contributed by atoms with E-state index in [-0.39, 0.29) is 0 Å². The van der Waals surface area contributed by atoms with Crippen molar-refractivity contribution in [1.29, 1.82) is 0 Å². The number of hydrogen-bond acceptors (Lipinski definition) is 7. The van der Waals surface area contributed by atoms with Crippen LogP contribution >= 0.6 is 0 Å². The summed E-state index contributed by atoms with van der Waals surface area (Å²) >= 11 is 0. The summed E-state index contributed by atoms with van der Waals surface area (Å²) in [5, 5.41) is 12.2. The fraction of sp³-hybridized carbons (Fsp3) is 0.292. The SMILES string of the molecule is COc1cc2c(cnn2COCC[Si](C)(C)C)cc1Nc1ncncc1Nc1ccccc1. The highest BCUT2D eigenvalue weighted by Gasteiger charge is 2.14. The smallest absolute Gasteiger partial charge is 0.157 e. The predicted octanol–water partition coefficient (Wildman–Crippen LogP) is 5.63. The van der Waals surface area contributed by atoms with Crippen LogP contribution in [0.3, 0.4) is 0 Å². The van der Waals surface area contributed by atoms with Crippen molar-refractivity contribution in [1.82, 2.24) is 19.7 Å². The van der Waals surface area contributed by atoms with Crippen molar-refractivity contribution in [3.8, 4) is 5.75 Å². The monoisotopic (exact) mass is 462 g/mol. The van der Waals surface area contributed by atoms with Gasteiger partial charge in [-0.25, -0.2) is 14.6 Å². The number of hydrogen-bond donors (Lipinski definition) is 2. The first kappa shape index (κ1) is 22.7. The van der Waals surface area contributed by atoms with E-state index in [4.69, 9.17) is 9.47 Å². The van der Waals surface area contributed by atoms with Crippen LogP contribution in [0.1, 0.15) is 0 Å². The summed E-state index contributed by atoms with van der Waals surface area (Å²) in [6, 6.07) is 15.0. The average Bonchev–Trinajstić information content (AvgIpc) is 3.19. The molecule has 0 unspecified atom stereocenters. The average molecular weight is 463 g/mol. The number of methoxy groups -OCH3 is 1. The Balaban J connectivity index is 1.54. The van der Waals surface area contributed by atoms with Gasteiger partial charge in [0, 0.05) is 31.8 Å². The third-order valence-corrected chi connectivity index (χ3v) is 6.90. The molecular formula is C24H30N6O2Si. The Labute approximate surface area is 195 Å². The summed E-state index contributed by atoms with van der Waals surface area (Å²) in [7, 11) is 0.533. The van der Waals surface area contributed by atoms with E-state index < -0.39 is 8.07 Å². The Morgan fingerprint density at radius 3 is 2.58 bits per heavy atom. The first-order valence-corrected chi connectivity index (χ1v) is 14.6. The molecule has 172 valence electrons. The van der Waals surface area contributed by atoms with E-state index in [1.54, 1.807) is 13.3 Å². The van der Waals surface area contributed by atoms with Crippen LogP contribution in [0.25, 0.3) is 10.9 Å². The van der Waals surface area contributed by atoms with Gasteiger partial charge in [0.1, 0.15) is 24.5 Å². The van der Waals surface area contributed by atoms with E-state index in [2.05, 4.69) is 45.3 Å². The van der Waals surface area contributed by atoms with Gasteiger partial charge in [-0.3, -0.25) is 0 Å². The zero-order chi connectivity index (χ0) is 23.3. The minimum absolute atomic E-state index is 0.418. The number of rotatable bonds is 10. The molecule has 0 fully saturated rings. The lowest BCUT2D eigenvalue weighted by Crippen LogP contribution is -2.22. The number of anilines is 4. The number of para-hydroxylation sites is 1. The summed E-state index contributed by atoms with van der Waals surface area (Å²) in [6.07, 6.45) is 5.09. The summed E-state index contributed by atoms with van der Waals surface area (Å²) in [5.74, 6) is 1.34. The summed E-state index contributed by atoms with van der Waals surface area (Å²) in [6.45, 7) is 8.20. The molecular weight excluding hydrogens is 432 g/mol. The molecule has 0 spiro atoms. The fourth-order valence-electron chi connectivity index (χ4n) is 3.33. The third kappa shape index (κ3) is 5.88. The van der Waals surface area contributed by atoms with Gasteiger partial charge in [0.25, 0.3) is 0 Å². The van der Waals surface area contributed by atoms with Crippen LogP contribution in [0, 0.1) is 0 Å². The normalized spacial score (nSPS) is 11.5. The van der Waals surface area contributed by atoms with Crippen LogP contribution < -0.4 is 15.4 Å². The highest BCUT2D eigenvalue weighted by atomic mass is 28.3. The maximum atomic E-state index is 5.89. The molecule has 4 rings (SSSR count). The van der Waals surface area contributed by atoms with E-state index >= 15 is 0 Å². The van der Waals surface area contributed by atoms with Gasteiger partial charge < -0.3 is 20.1 Å². The molecule has 2 heterocycles. The molecule has 0 aliphatic rings. The van der Waals surface area contributed by atoms with Crippen molar-refractivity contribution in [2.45, 2.75) is 32.4 Å². The molecule has 8 nitrogen and oxygen atoms in total. The Hall–Kier alpha value is -3.43. The summed E-state index contributed by atoms with van der Waals surface area (Å²) in [4.78, 5) is 8.58. The highest BCUT2D eigenvalue weighted by Crippen LogP contribution is 2.34. The van der Waals surface area contributed by atoms with Crippen molar-refractivity contribution in [3.63, 3.8) is 0 Å². The van der Waals surface area contributed by atoms with Crippen LogP contribution in [-0.4, -0.2) is 41.5 Å². The second-order valence-corrected chi connectivity index (χ2v) is 14.6. The molecule has 0 saturated carbocycles. The molecule has 2 aromatic carbocycles. The van der Waals surface area contributed by atoms with Gasteiger partial charge in [0.15, 0.2) is 5.82 Å². The predicted molar refractivity (Wildman–Crippen MR) is 135 cm³/mol. The lowest BCUT2D eigenvalue weighted by atomic mass is 10.2.